The van der Waals surface area contributed by atoms with Crippen molar-refractivity contribution in [2.45, 2.75) is 25.5 Å². The molecule has 1 unspecified atom stereocenters. The summed E-state index contributed by atoms with van der Waals surface area (Å²) in [4.78, 5) is 9.23. The van der Waals surface area contributed by atoms with Gasteiger partial charge < -0.3 is 24.1 Å². The summed E-state index contributed by atoms with van der Waals surface area (Å²) in [6.45, 7) is 4.80. The molecule has 0 bridgehead atoms. The lowest BCUT2D eigenvalue weighted by molar-refractivity contribution is -0.0812. The predicted molar refractivity (Wildman–Crippen MR) is 98.5 cm³/mol. The molecule has 2 aliphatic rings. The third kappa shape index (κ3) is 3.02. The van der Waals surface area contributed by atoms with E-state index >= 15 is 0 Å². The minimum Gasteiger partial charge on any atom is -0.467 e. The summed E-state index contributed by atoms with van der Waals surface area (Å²) < 4.78 is 20.6. The largest absolute Gasteiger partial charge is 0.467 e. The molecule has 0 aliphatic carbocycles. The van der Waals surface area contributed by atoms with Gasteiger partial charge in [-0.2, -0.15) is 4.98 Å². The molecule has 9 nitrogen and oxygen atoms in total. The second-order valence-corrected chi connectivity index (χ2v) is 7.07. The van der Waals surface area contributed by atoms with Crippen LogP contribution in [0.2, 0.25) is 0 Å². The number of rotatable bonds is 5. The normalized spacial score (nSPS) is 20.1. The molecule has 2 aliphatic heterocycles. The molecule has 2 saturated heterocycles. The zero-order chi connectivity index (χ0) is 18.4. The van der Waals surface area contributed by atoms with Crippen LogP contribution in [-0.2, 0) is 16.5 Å². The standard InChI is InChI=1S/C18H22N6O3/c1-11-5-12-6-19-18(21-16(12)24(11)13-3-4-25-8-13)20-15-7-23(2)22-17(15)27-14-9-26-10-14/h5-7,13-14H,3-4,8-10H2,1-2H3,(H,19,20,21). The molecule has 3 aromatic rings. The fourth-order valence-corrected chi connectivity index (χ4v) is 3.59. The Morgan fingerprint density at radius 1 is 1.26 bits per heavy atom. The Hall–Kier alpha value is -2.65. The van der Waals surface area contributed by atoms with E-state index in [1.807, 2.05) is 19.4 Å². The number of ether oxygens (including phenoxy) is 3. The van der Waals surface area contributed by atoms with Crippen LogP contribution < -0.4 is 10.1 Å². The molecule has 3 aromatic heterocycles. The van der Waals surface area contributed by atoms with E-state index in [1.165, 1.54) is 5.69 Å². The first-order valence-corrected chi connectivity index (χ1v) is 9.15. The van der Waals surface area contributed by atoms with Crippen LogP contribution in [0, 0.1) is 6.92 Å². The molecule has 0 radical (unpaired) electrons. The Kier molecular flexibility index (Phi) is 3.98. The third-order valence-corrected chi connectivity index (χ3v) is 4.97. The number of hydrogen-bond donors (Lipinski definition) is 1. The van der Waals surface area contributed by atoms with Gasteiger partial charge in [0.15, 0.2) is 0 Å². The van der Waals surface area contributed by atoms with E-state index in [0.29, 0.717) is 31.1 Å². The first-order valence-electron chi connectivity index (χ1n) is 9.15. The van der Waals surface area contributed by atoms with Gasteiger partial charge in [0, 0.05) is 30.9 Å². The van der Waals surface area contributed by atoms with Crippen LogP contribution in [0.15, 0.2) is 18.5 Å². The first-order chi connectivity index (χ1) is 13.2. The number of aromatic nitrogens is 5. The average molecular weight is 370 g/mol. The van der Waals surface area contributed by atoms with Crippen molar-refractivity contribution in [2.24, 2.45) is 7.05 Å². The molecule has 27 heavy (non-hydrogen) atoms. The van der Waals surface area contributed by atoms with Crippen LogP contribution in [0.4, 0.5) is 11.6 Å². The van der Waals surface area contributed by atoms with Crippen LogP contribution in [0.5, 0.6) is 5.88 Å². The third-order valence-electron chi connectivity index (χ3n) is 4.97. The van der Waals surface area contributed by atoms with E-state index < -0.39 is 0 Å². The molecule has 9 heteroatoms. The van der Waals surface area contributed by atoms with Gasteiger partial charge in [0.25, 0.3) is 5.88 Å². The maximum absolute atomic E-state index is 5.87. The maximum atomic E-state index is 5.87. The summed E-state index contributed by atoms with van der Waals surface area (Å²) in [6.07, 6.45) is 4.76. The van der Waals surface area contributed by atoms with E-state index in [4.69, 9.17) is 19.2 Å². The molecule has 0 spiro atoms. The summed E-state index contributed by atoms with van der Waals surface area (Å²) in [5.41, 5.74) is 2.82. The summed E-state index contributed by atoms with van der Waals surface area (Å²) >= 11 is 0. The fraction of sp³-hybridized carbons (Fsp3) is 0.500. The Bertz CT molecular complexity index is 971. The smallest absolute Gasteiger partial charge is 0.257 e. The Morgan fingerprint density at radius 3 is 2.89 bits per heavy atom. The molecule has 1 N–H and O–H groups in total. The number of anilines is 2. The molecule has 2 fully saturated rings. The number of aryl methyl sites for hydroxylation is 2. The molecule has 5 heterocycles. The van der Waals surface area contributed by atoms with Crippen molar-refractivity contribution in [3.05, 3.63) is 24.2 Å². The monoisotopic (exact) mass is 370 g/mol. The Morgan fingerprint density at radius 2 is 2.15 bits per heavy atom. The van der Waals surface area contributed by atoms with Crippen LogP contribution >= 0.6 is 0 Å². The summed E-state index contributed by atoms with van der Waals surface area (Å²) in [5, 5.41) is 8.65. The van der Waals surface area contributed by atoms with Gasteiger partial charge in [-0.25, -0.2) is 4.98 Å². The number of hydrogen-bond acceptors (Lipinski definition) is 7. The zero-order valence-electron chi connectivity index (χ0n) is 15.4. The maximum Gasteiger partial charge on any atom is 0.257 e. The van der Waals surface area contributed by atoms with Crippen molar-refractivity contribution < 1.29 is 14.2 Å². The van der Waals surface area contributed by atoms with E-state index in [1.54, 1.807) is 4.68 Å². The van der Waals surface area contributed by atoms with Gasteiger partial charge in [0.2, 0.25) is 5.95 Å². The highest BCUT2D eigenvalue weighted by molar-refractivity contribution is 5.78. The first kappa shape index (κ1) is 16.5. The highest BCUT2D eigenvalue weighted by Gasteiger charge is 2.24. The van der Waals surface area contributed by atoms with Crippen molar-refractivity contribution in [3.8, 4) is 5.88 Å². The van der Waals surface area contributed by atoms with E-state index in [2.05, 4.69) is 33.0 Å². The Labute approximate surface area is 156 Å². The summed E-state index contributed by atoms with van der Waals surface area (Å²) in [5.74, 6) is 1.05. The summed E-state index contributed by atoms with van der Waals surface area (Å²) in [6, 6.07) is 2.44. The van der Waals surface area contributed by atoms with Gasteiger partial charge in [0.1, 0.15) is 17.4 Å². The number of fused-ring (bicyclic) bond motifs is 1. The van der Waals surface area contributed by atoms with Crippen molar-refractivity contribution in [1.29, 1.82) is 0 Å². The SMILES string of the molecule is Cc1cc2cnc(Nc3cn(C)nc3OC3COC3)nc2n1C1CCOC1. The molecule has 5 rings (SSSR count). The van der Waals surface area contributed by atoms with Crippen molar-refractivity contribution in [2.75, 3.05) is 31.7 Å². The molecule has 0 amide bonds. The lowest BCUT2D eigenvalue weighted by Crippen LogP contribution is -2.38. The molecular weight excluding hydrogens is 348 g/mol. The highest BCUT2D eigenvalue weighted by Crippen LogP contribution is 2.30. The quantitative estimate of drug-likeness (QED) is 0.734. The average Bonchev–Trinajstić information content (AvgIpc) is 3.30. The molecule has 0 aromatic carbocycles. The van der Waals surface area contributed by atoms with Crippen LogP contribution in [0.1, 0.15) is 18.2 Å². The van der Waals surface area contributed by atoms with E-state index in [0.717, 1.165) is 36.4 Å². The van der Waals surface area contributed by atoms with Crippen molar-refractivity contribution >= 4 is 22.7 Å². The van der Waals surface area contributed by atoms with E-state index in [9.17, 15) is 0 Å². The molecular formula is C18H22N6O3. The topological polar surface area (TPSA) is 88.3 Å². The molecule has 0 saturated carbocycles. The molecule has 142 valence electrons. The van der Waals surface area contributed by atoms with Gasteiger partial charge in [-0.3, -0.25) is 4.68 Å². The highest BCUT2D eigenvalue weighted by atomic mass is 16.6. The lowest BCUT2D eigenvalue weighted by Gasteiger charge is -2.25. The van der Waals surface area contributed by atoms with Crippen LogP contribution in [0.3, 0.4) is 0 Å². The van der Waals surface area contributed by atoms with Crippen molar-refractivity contribution in [1.82, 2.24) is 24.3 Å². The number of nitrogens with zero attached hydrogens (tertiary/aromatic N) is 5. The Balaban J connectivity index is 1.46. The van der Waals surface area contributed by atoms with Crippen LogP contribution in [0.25, 0.3) is 11.0 Å². The van der Waals surface area contributed by atoms with Gasteiger partial charge in [0.05, 0.1) is 32.1 Å². The fourth-order valence-electron chi connectivity index (χ4n) is 3.59. The minimum atomic E-state index is 0.0473. The van der Waals surface area contributed by atoms with Gasteiger partial charge in [-0.15, -0.1) is 5.10 Å². The molecule has 1 atom stereocenters. The number of nitrogens with one attached hydrogen (secondary N) is 1. The van der Waals surface area contributed by atoms with Gasteiger partial charge >= 0.3 is 0 Å². The summed E-state index contributed by atoms with van der Waals surface area (Å²) in [7, 11) is 1.86. The predicted octanol–water partition coefficient (Wildman–Crippen LogP) is 1.96. The lowest BCUT2D eigenvalue weighted by atomic mass is 10.2. The second kappa shape index (κ2) is 6.50. The van der Waals surface area contributed by atoms with Crippen LogP contribution in [-0.4, -0.2) is 56.8 Å². The second-order valence-electron chi connectivity index (χ2n) is 7.07. The van der Waals surface area contributed by atoms with Gasteiger partial charge in [-0.05, 0) is 19.4 Å². The van der Waals surface area contributed by atoms with Crippen molar-refractivity contribution in [3.63, 3.8) is 0 Å². The zero-order valence-corrected chi connectivity index (χ0v) is 15.4. The van der Waals surface area contributed by atoms with Gasteiger partial charge in [-0.1, -0.05) is 0 Å². The minimum absolute atomic E-state index is 0.0473. The van der Waals surface area contributed by atoms with E-state index in [-0.39, 0.29) is 6.10 Å².